The number of nitrogens with zero attached hydrogens (tertiary/aromatic N) is 5. The maximum absolute atomic E-state index is 11.7. The van der Waals surface area contributed by atoms with Crippen molar-refractivity contribution < 1.29 is 19.4 Å². The van der Waals surface area contributed by atoms with Gasteiger partial charge in [0.2, 0.25) is 5.95 Å². The van der Waals surface area contributed by atoms with Gasteiger partial charge in [0.15, 0.2) is 0 Å². The fourth-order valence-corrected chi connectivity index (χ4v) is 3.51. The first-order chi connectivity index (χ1) is 13.0. The van der Waals surface area contributed by atoms with E-state index >= 15 is 0 Å². The smallest absolute Gasteiger partial charge is 0.410 e. The van der Waals surface area contributed by atoms with Crippen LogP contribution >= 0.6 is 0 Å². The lowest BCUT2D eigenvalue weighted by atomic mass is 9.91. The zero-order chi connectivity index (χ0) is 19.0. The monoisotopic (exact) mass is 369 g/mol. The molecule has 2 aromatic heterocycles. The molecule has 9 nitrogen and oxygen atoms in total. The lowest BCUT2D eigenvalue weighted by molar-refractivity contribution is 0.0364. The van der Waals surface area contributed by atoms with E-state index in [0.29, 0.717) is 49.8 Å². The minimum atomic E-state index is -1.01. The van der Waals surface area contributed by atoms with Gasteiger partial charge in [-0.05, 0) is 18.2 Å². The van der Waals surface area contributed by atoms with Crippen LogP contribution in [0.3, 0.4) is 0 Å². The summed E-state index contributed by atoms with van der Waals surface area (Å²) in [5, 5.41) is 9.14. The topological polar surface area (TPSA) is 109 Å². The molecular weight excluding hydrogens is 350 g/mol. The molecule has 9 heteroatoms. The Kier molecular flexibility index (Phi) is 4.14. The van der Waals surface area contributed by atoms with Crippen LogP contribution in [0.15, 0.2) is 30.6 Å². The third-order valence-electron chi connectivity index (χ3n) is 5.01. The van der Waals surface area contributed by atoms with Crippen molar-refractivity contribution in [2.45, 2.75) is 18.4 Å². The Morgan fingerprint density at radius 2 is 1.93 bits per heavy atom. The van der Waals surface area contributed by atoms with E-state index in [4.69, 9.17) is 9.84 Å². The molecule has 27 heavy (non-hydrogen) atoms. The molecule has 0 aliphatic carbocycles. The number of carbonyl (C=O) groups is 2. The van der Waals surface area contributed by atoms with Crippen molar-refractivity contribution in [3.63, 3.8) is 0 Å². The molecule has 0 aromatic carbocycles. The molecule has 1 N–H and O–H groups in total. The Bertz CT molecular complexity index is 895. The highest BCUT2D eigenvalue weighted by Gasteiger charge is 2.45. The Morgan fingerprint density at radius 1 is 1.19 bits per heavy atom. The molecule has 4 rings (SSSR count). The van der Waals surface area contributed by atoms with Crippen LogP contribution in [-0.4, -0.2) is 69.3 Å². The van der Waals surface area contributed by atoms with Crippen LogP contribution in [-0.2, 0) is 4.74 Å². The van der Waals surface area contributed by atoms with Gasteiger partial charge >= 0.3 is 12.1 Å². The number of hydrogen-bond donors (Lipinski definition) is 1. The number of pyridine rings is 1. The van der Waals surface area contributed by atoms with Crippen molar-refractivity contribution in [3.05, 3.63) is 36.2 Å². The highest BCUT2D eigenvalue weighted by Crippen LogP contribution is 2.33. The molecule has 4 heterocycles. The Hall–Kier alpha value is -3.23. The van der Waals surface area contributed by atoms with E-state index in [1.165, 1.54) is 18.3 Å². The summed E-state index contributed by atoms with van der Waals surface area (Å²) in [5.41, 5.74) is 0.790. The molecule has 2 saturated heterocycles. The second-order valence-electron chi connectivity index (χ2n) is 6.87. The summed E-state index contributed by atoms with van der Waals surface area (Å²) in [6.07, 6.45) is 4.25. The number of ether oxygens (including phenoxy) is 1. The first-order valence-corrected chi connectivity index (χ1v) is 8.68. The van der Waals surface area contributed by atoms with Gasteiger partial charge in [-0.3, -0.25) is 4.98 Å². The normalized spacial score (nSPS) is 18.6. The van der Waals surface area contributed by atoms with E-state index in [9.17, 15) is 9.59 Å². The zero-order valence-electron chi connectivity index (χ0n) is 14.8. The molecule has 0 bridgehead atoms. The van der Waals surface area contributed by atoms with Crippen LogP contribution in [0, 0.1) is 0 Å². The minimum Gasteiger partial charge on any atom is -0.478 e. The number of likely N-dealkylation sites (N-methyl/N-ethyl adjacent to an activating group) is 1. The lowest BCUT2D eigenvalue weighted by Crippen LogP contribution is -2.47. The average Bonchev–Trinajstić information content (AvgIpc) is 2.95. The first kappa shape index (κ1) is 17.2. The number of hydrogen-bond acceptors (Lipinski definition) is 7. The van der Waals surface area contributed by atoms with Gasteiger partial charge in [0, 0.05) is 45.4 Å². The van der Waals surface area contributed by atoms with E-state index in [-0.39, 0.29) is 11.7 Å². The second kappa shape index (κ2) is 6.49. The summed E-state index contributed by atoms with van der Waals surface area (Å²) in [4.78, 5) is 39.6. The number of anilines is 1. The molecule has 1 spiro atoms. The Balaban J connectivity index is 1.52. The Morgan fingerprint density at radius 3 is 2.59 bits per heavy atom. The number of carboxylic acid groups (broad SMARTS) is 1. The van der Waals surface area contributed by atoms with Gasteiger partial charge in [-0.25, -0.2) is 19.6 Å². The summed E-state index contributed by atoms with van der Waals surface area (Å²) in [5.74, 6) is -0.451. The standard InChI is InChI=1S/C18H19N5O4/c1-22-11-18(27-17(22)26)4-8-23(9-5-18)16-20-7-3-13(21-16)14-10-12(15(24)25)2-6-19-14/h2-3,6-7,10H,4-5,8-9,11H2,1H3,(H,24,25). The number of carboxylic acids is 1. The number of aromatic carboxylic acids is 1. The third-order valence-corrected chi connectivity index (χ3v) is 5.01. The number of amides is 1. The van der Waals surface area contributed by atoms with Gasteiger partial charge in [0.25, 0.3) is 0 Å². The summed E-state index contributed by atoms with van der Waals surface area (Å²) in [7, 11) is 1.74. The molecule has 2 aliphatic heterocycles. The number of carbonyl (C=O) groups excluding carboxylic acids is 1. The molecule has 2 fully saturated rings. The zero-order valence-corrected chi connectivity index (χ0v) is 14.8. The number of aromatic nitrogens is 3. The van der Waals surface area contributed by atoms with Crippen LogP contribution in [0.2, 0.25) is 0 Å². The molecule has 0 atom stereocenters. The molecule has 1 amide bonds. The van der Waals surface area contributed by atoms with Crippen molar-refractivity contribution in [2.24, 2.45) is 0 Å². The second-order valence-corrected chi connectivity index (χ2v) is 6.87. The van der Waals surface area contributed by atoms with Gasteiger partial charge < -0.3 is 19.6 Å². The van der Waals surface area contributed by atoms with Crippen LogP contribution in [0.1, 0.15) is 23.2 Å². The highest BCUT2D eigenvalue weighted by molar-refractivity contribution is 5.88. The van der Waals surface area contributed by atoms with E-state index in [0.717, 1.165) is 0 Å². The number of piperidine rings is 1. The largest absolute Gasteiger partial charge is 0.478 e. The fourth-order valence-electron chi connectivity index (χ4n) is 3.51. The molecule has 2 aliphatic rings. The molecule has 2 aromatic rings. The molecule has 0 unspecified atom stereocenters. The minimum absolute atomic E-state index is 0.159. The maximum Gasteiger partial charge on any atom is 0.410 e. The first-order valence-electron chi connectivity index (χ1n) is 8.68. The summed E-state index contributed by atoms with van der Waals surface area (Å²) in [6.45, 7) is 1.95. The van der Waals surface area contributed by atoms with Gasteiger partial charge in [-0.1, -0.05) is 0 Å². The van der Waals surface area contributed by atoms with E-state index in [1.807, 2.05) is 4.90 Å². The van der Waals surface area contributed by atoms with Crippen LogP contribution in [0.4, 0.5) is 10.7 Å². The van der Waals surface area contributed by atoms with Crippen LogP contribution in [0.5, 0.6) is 0 Å². The van der Waals surface area contributed by atoms with E-state index in [2.05, 4.69) is 15.0 Å². The van der Waals surface area contributed by atoms with Crippen molar-refractivity contribution in [2.75, 3.05) is 31.6 Å². The van der Waals surface area contributed by atoms with Crippen molar-refractivity contribution in [1.82, 2.24) is 19.9 Å². The van der Waals surface area contributed by atoms with Gasteiger partial charge in [0.1, 0.15) is 5.60 Å². The van der Waals surface area contributed by atoms with Gasteiger partial charge in [-0.2, -0.15) is 0 Å². The van der Waals surface area contributed by atoms with Crippen molar-refractivity contribution in [3.8, 4) is 11.4 Å². The molecular formula is C18H19N5O4. The highest BCUT2D eigenvalue weighted by atomic mass is 16.6. The Labute approximate surface area is 155 Å². The quantitative estimate of drug-likeness (QED) is 0.870. The third kappa shape index (κ3) is 3.27. The van der Waals surface area contributed by atoms with Gasteiger partial charge in [-0.15, -0.1) is 0 Å². The summed E-state index contributed by atoms with van der Waals surface area (Å²) >= 11 is 0. The molecule has 140 valence electrons. The van der Waals surface area contributed by atoms with Crippen molar-refractivity contribution >= 4 is 18.0 Å². The lowest BCUT2D eigenvalue weighted by Gasteiger charge is -2.37. The molecule has 0 radical (unpaired) electrons. The summed E-state index contributed by atoms with van der Waals surface area (Å²) in [6, 6.07) is 4.64. The van der Waals surface area contributed by atoms with E-state index in [1.54, 1.807) is 24.2 Å². The summed E-state index contributed by atoms with van der Waals surface area (Å²) < 4.78 is 5.57. The maximum atomic E-state index is 11.7. The molecule has 0 saturated carbocycles. The van der Waals surface area contributed by atoms with Gasteiger partial charge in [0.05, 0.1) is 23.5 Å². The van der Waals surface area contributed by atoms with Crippen molar-refractivity contribution in [1.29, 1.82) is 0 Å². The fraction of sp³-hybridized carbons (Fsp3) is 0.389. The predicted molar refractivity (Wildman–Crippen MR) is 95.5 cm³/mol. The SMILES string of the molecule is CN1CC2(CCN(c3nccc(-c4cc(C(=O)O)ccn4)n3)CC2)OC1=O. The predicted octanol–water partition coefficient (Wildman–Crippen LogP) is 1.66. The van der Waals surface area contributed by atoms with E-state index < -0.39 is 11.6 Å². The van der Waals surface area contributed by atoms with Crippen LogP contribution in [0.25, 0.3) is 11.4 Å². The number of rotatable bonds is 3. The average molecular weight is 369 g/mol. The van der Waals surface area contributed by atoms with Crippen LogP contribution < -0.4 is 4.90 Å².